The third kappa shape index (κ3) is 3.61. The van der Waals surface area contributed by atoms with Crippen LogP contribution in [0.25, 0.3) is 0 Å². The molecular formula is C19H30N2O. The molecule has 3 nitrogen and oxygen atoms in total. The molecule has 0 bridgehead atoms. The van der Waals surface area contributed by atoms with Crippen molar-refractivity contribution in [2.24, 2.45) is 5.92 Å². The van der Waals surface area contributed by atoms with Crippen LogP contribution in [0.15, 0.2) is 6.20 Å². The van der Waals surface area contributed by atoms with E-state index in [0.717, 1.165) is 23.9 Å². The lowest BCUT2D eigenvalue weighted by Crippen LogP contribution is -2.26. The Kier molecular flexibility index (Phi) is 5.00. The average Bonchev–Trinajstić information content (AvgIpc) is 3.05. The molecule has 0 aliphatic heterocycles. The molecule has 2 fully saturated rings. The van der Waals surface area contributed by atoms with Gasteiger partial charge in [-0.3, -0.25) is 4.79 Å². The van der Waals surface area contributed by atoms with Crippen molar-refractivity contribution in [1.29, 1.82) is 0 Å². The maximum absolute atomic E-state index is 12.4. The molecule has 0 amide bonds. The van der Waals surface area contributed by atoms with Gasteiger partial charge < -0.3 is 4.98 Å². The summed E-state index contributed by atoms with van der Waals surface area (Å²) in [5.41, 5.74) is 0.887. The number of aromatic nitrogens is 2. The highest BCUT2D eigenvalue weighted by atomic mass is 16.1. The summed E-state index contributed by atoms with van der Waals surface area (Å²) in [7, 11) is 0. The van der Waals surface area contributed by atoms with Crippen molar-refractivity contribution < 1.29 is 4.79 Å². The van der Waals surface area contributed by atoms with E-state index in [-0.39, 0.29) is 11.2 Å². The molecule has 0 unspecified atom stereocenters. The van der Waals surface area contributed by atoms with Gasteiger partial charge in [0.2, 0.25) is 0 Å². The number of Topliss-reactive ketones (excluding diaryl/α,β-unsaturated/α-hetero) is 1. The van der Waals surface area contributed by atoms with E-state index in [9.17, 15) is 4.79 Å². The molecule has 0 radical (unpaired) electrons. The first-order chi connectivity index (χ1) is 10.7. The van der Waals surface area contributed by atoms with Crippen molar-refractivity contribution in [3.63, 3.8) is 0 Å². The Morgan fingerprint density at radius 2 is 1.86 bits per heavy atom. The van der Waals surface area contributed by atoms with Crippen LogP contribution in [-0.4, -0.2) is 15.8 Å². The Bertz CT molecular complexity index is 493. The first-order valence-electron chi connectivity index (χ1n) is 9.26. The smallest absolute Gasteiger partial charge is 0.180 e. The van der Waals surface area contributed by atoms with Gasteiger partial charge in [-0.05, 0) is 25.2 Å². The number of ketones is 1. The van der Waals surface area contributed by atoms with E-state index in [4.69, 9.17) is 0 Å². The molecule has 2 aliphatic rings. The normalized spacial score (nSPS) is 22.6. The fourth-order valence-electron chi connectivity index (χ4n) is 4.28. The minimum Gasteiger partial charge on any atom is -0.339 e. The van der Waals surface area contributed by atoms with Crippen LogP contribution in [0.2, 0.25) is 0 Å². The van der Waals surface area contributed by atoms with Crippen LogP contribution >= 0.6 is 0 Å². The van der Waals surface area contributed by atoms with Crippen LogP contribution in [-0.2, 0) is 5.41 Å². The van der Waals surface area contributed by atoms with Crippen LogP contribution in [0.4, 0.5) is 0 Å². The molecule has 3 rings (SSSR count). The third-order valence-corrected chi connectivity index (χ3v) is 5.91. The van der Waals surface area contributed by atoms with Gasteiger partial charge in [0.05, 0.1) is 6.20 Å². The zero-order valence-electron chi connectivity index (χ0n) is 14.0. The topological polar surface area (TPSA) is 45.8 Å². The summed E-state index contributed by atoms with van der Waals surface area (Å²) < 4.78 is 0. The van der Waals surface area contributed by atoms with Gasteiger partial charge in [0, 0.05) is 11.8 Å². The summed E-state index contributed by atoms with van der Waals surface area (Å²) in [6.07, 6.45) is 16.5. The third-order valence-electron chi connectivity index (χ3n) is 5.91. The van der Waals surface area contributed by atoms with Gasteiger partial charge in [-0.1, -0.05) is 58.3 Å². The molecule has 1 aromatic rings. The van der Waals surface area contributed by atoms with Crippen molar-refractivity contribution in [3.05, 3.63) is 17.7 Å². The molecule has 22 heavy (non-hydrogen) atoms. The number of rotatable bonds is 5. The summed E-state index contributed by atoms with van der Waals surface area (Å²) >= 11 is 0. The number of nitrogens with zero attached hydrogens (tertiary/aromatic N) is 1. The van der Waals surface area contributed by atoms with Crippen LogP contribution in [0, 0.1) is 5.92 Å². The molecule has 1 N–H and O–H groups in total. The summed E-state index contributed by atoms with van der Waals surface area (Å²) in [5, 5.41) is 0. The SMILES string of the molecule is CC1(c2ncc(C(=O)CCC3CCCCC3)[nH]2)CCCCC1. The molecule has 122 valence electrons. The van der Waals surface area contributed by atoms with E-state index < -0.39 is 0 Å². The molecule has 1 heterocycles. The predicted octanol–water partition coefficient (Wildman–Crippen LogP) is 5.17. The first kappa shape index (κ1) is 15.8. The molecule has 0 aromatic carbocycles. The minimum atomic E-state index is 0.153. The number of imidazole rings is 1. The highest BCUT2D eigenvalue weighted by Crippen LogP contribution is 2.37. The van der Waals surface area contributed by atoms with Gasteiger partial charge in [-0.2, -0.15) is 0 Å². The number of aromatic amines is 1. The molecule has 0 saturated heterocycles. The molecular weight excluding hydrogens is 272 g/mol. The number of hydrogen-bond acceptors (Lipinski definition) is 2. The van der Waals surface area contributed by atoms with Crippen LogP contribution < -0.4 is 0 Å². The Labute approximate surface area is 134 Å². The summed E-state index contributed by atoms with van der Waals surface area (Å²) in [6, 6.07) is 0. The van der Waals surface area contributed by atoms with Crippen molar-refractivity contribution in [2.45, 2.75) is 89.4 Å². The Morgan fingerprint density at radius 1 is 1.18 bits per heavy atom. The fourth-order valence-corrected chi connectivity index (χ4v) is 4.28. The maximum atomic E-state index is 12.4. The standard InChI is InChI=1S/C19H30N2O/c1-19(12-6-3-7-13-19)18-20-14-16(21-18)17(22)11-10-15-8-4-2-5-9-15/h14-15H,2-13H2,1H3,(H,20,21). The zero-order chi connectivity index (χ0) is 15.4. The zero-order valence-corrected chi connectivity index (χ0v) is 14.0. The Morgan fingerprint density at radius 3 is 2.59 bits per heavy atom. The predicted molar refractivity (Wildman–Crippen MR) is 89.2 cm³/mol. The van der Waals surface area contributed by atoms with E-state index in [1.165, 1.54) is 64.2 Å². The molecule has 1 aromatic heterocycles. The van der Waals surface area contributed by atoms with Crippen molar-refractivity contribution in [3.8, 4) is 0 Å². The van der Waals surface area contributed by atoms with Gasteiger partial charge in [0.15, 0.2) is 5.78 Å². The minimum absolute atomic E-state index is 0.153. The molecule has 2 saturated carbocycles. The molecule has 0 atom stereocenters. The van der Waals surface area contributed by atoms with Crippen LogP contribution in [0.3, 0.4) is 0 Å². The van der Waals surface area contributed by atoms with E-state index in [0.29, 0.717) is 6.42 Å². The first-order valence-corrected chi connectivity index (χ1v) is 9.26. The fraction of sp³-hybridized carbons (Fsp3) is 0.789. The van der Waals surface area contributed by atoms with Gasteiger partial charge in [-0.15, -0.1) is 0 Å². The number of H-pyrrole nitrogens is 1. The molecule has 2 aliphatic carbocycles. The number of carbonyl (C=O) groups is 1. The maximum Gasteiger partial charge on any atom is 0.180 e. The lowest BCUT2D eigenvalue weighted by atomic mass is 9.75. The van der Waals surface area contributed by atoms with Gasteiger partial charge in [-0.25, -0.2) is 4.98 Å². The van der Waals surface area contributed by atoms with E-state index in [2.05, 4.69) is 16.9 Å². The lowest BCUT2D eigenvalue weighted by Gasteiger charge is -2.31. The lowest BCUT2D eigenvalue weighted by molar-refractivity contribution is 0.0965. The second kappa shape index (κ2) is 6.97. The van der Waals surface area contributed by atoms with Crippen molar-refractivity contribution in [1.82, 2.24) is 9.97 Å². The number of carbonyl (C=O) groups excluding carboxylic acids is 1. The van der Waals surface area contributed by atoms with E-state index in [1.807, 2.05) is 0 Å². The highest BCUT2D eigenvalue weighted by Gasteiger charge is 2.32. The molecule has 3 heteroatoms. The summed E-state index contributed by atoms with van der Waals surface area (Å²) in [6.45, 7) is 2.29. The number of hydrogen-bond donors (Lipinski definition) is 1. The van der Waals surface area contributed by atoms with Crippen LogP contribution in [0.5, 0.6) is 0 Å². The van der Waals surface area contributed by atoms with E-state index >= 15 is 0 Å². The second-order valence-corrected chi connectivity index (χ2v) is 7.73. The largest absolute Gasteiger partial charge is 0.339 e. The Balaban J connectivity index is 1.56. The Hall–Kier alpha value is -1.12. The number of nitrogens with one attached hydrogen (secondary N) is 1. The van der Waals surface area contributed by atoms with Gasteiger partial charge >= 0.3 is 0 Å². The van der Waals surface area contributed by atoms with Gasteiger partial charge in [0.25, 0.3) is 0 Å². The van der Waals surface area contributed by atoms with Crippen molar-refractivity contribution in [2.75, 3.05) is 0 Å². The quantitative estimate of drug-likeness (QED) is 0.762. The summed E-state index contributed by atoms with van der Waals surface area (Å²) in [5.74, 6) is 2.06. The van der Waals surface area contributed by atoms with Crippen LogP contribution in [0.1, 0.15) is 100 Å². The summed E-state index contributed by atoms with van der Waals surface area (Å²) in [4.78, 5) is 20.3. The van der Waals surface area contributed by atoms with Crippen molar-refractivity contribution >= 4 is 5.78 Å². The van der Waals surface area contributed by atoms with Gasteiger partial charge in [0.1, 0.15) is 11.5 Å². The average molecular weight is 302 g/mol. The second-order valence-electron chi connectivity index (χ2n) is 7.73. The van der Waals surface area contributed by atoms with E-state index in [1.54, 1.807) is 6.20 Å². The highest BCUT2D eigenvalue weighted by molar-refractivity contribution is 5.94. The molecule has 0 spiro atoms. The monoisotopic (exact) mass is 302 g/mol.